The van der Waals surface area contributed by atoms with Gasteiger partial charge in [0.05, 0.1) is 0 Å². The quantitative estimate of drug-likeness (QED) is 0.391. The molecule has 1 N–H and O–H groups in total. The first-order valence-electron chi connectivity index (χ1n) is 10.0. The summed E-state index contributed by atoms with van der Waals surface area (Å²) < 4.78 is 0. The van der Waals surface area contributed by atoms with Crippen LogP contribution >= 0.6 is 0 Å². The van der Waals surface area contributed by atoms with Gasteiger partial charge < -0.3 is 5.32 Å². The Balaban J connectivity index is 1.57. The van der Waals surface area contributed by atoms with Gasteiger partial charge in [-0.05, 0) is 35.4 Å². The van der Waals surface area contributed by atoms with E-state index in [1.165, 1.54) is 0 Å². The Morgan fingerprint density at radius 3 is 2.03 bits per heavy atom. The van der Waals surface area contributed by atoms with Gasteiger partial charge in [-0.3, -0.25) is 4.98 Å². The van der Waals surface area contributed by atoms with E-state index in [1.54, 1.807) is 6.20 Å². The third-order valence-electron chi connectivity index (χ3n) is 4.86. The Bertz CT molecular complexity index is 1290. The van der Waals surface area contributed by atoms with Gasteiger partial charge in [-0.2, -0.15) is 0 Å². The van der Waals surface area contributed by atoms with Crippen LogP contribution in [0.2, 0.25) is 0 Å². The second kappa shape index (κ2) is 8.55. The van der Waals surface area contributed by atoms with Crippen molar-refractivity contribution in [2.45, 2.75) is 0 Å². The number of aromatic nitrogens is 4. The molecule has 0 aliphatic carbocycles. The van der Waals surface area contributed by atoms with Gasteiger partial charge in [0.1, 0.15) is 11.4 Å². The molecule has 5 heteroatoms. The zero-order chi connectivity index (χ0) is 20.9. The molecule has 2 aromatic heterocycles. The number of hydrogen-bond acceptors (Lipinski definition) is 5. The second-order valence-corrected chi connectivity index (χ2v) is 6.99. The first-order valence-corrected chi connectivity index (χ1v) is 10.0. The maximum Gasteiger partial charge on any atom is 0.202 e. The average molecular weight is 401 g/mol. The minimum absolute atomic E-state index is 0.474. The van der Waals surface area contributed by atoms with Crippen LogP contribution in [0.25, 0.3) is 33.9 Å². The van der Waals surface area contributed by atoms with Gasteiger partial charge >= 0.3 is 0 Å². The highest BCUT2D eigenvalue weighted by molar-refractivity contribution is 5.77. The van der Waals surface area contributed by atoms with E-state index in [1.807, 2.05) is 78.9 Å². The highest BCUT2D eigenvalue weighted by Crippen LogP contribution is 2.29. The maximum absolute atomic E-state index is 4.77. The predicted molar refractivity (Wildman–Crippen MR) is 124 cm³/mol. The van der Waals surface area contributed by atoms with Crippen molar-refractivity contribution < 1.29 is 0 Å². The summed E-state index contributed by atoms with van der Waals surface area (Å²) in [5, 5.41) is 12.3. The third kappa shape index (κ3) is 4.16. The molecule has 148 valence electrons. The summed E-state index contributed by atoms with van der Waals surface area (Å²) in [5.74, 6) is 1.11. The standard InChI is InChI=1S/C26H19N5/c1-3-10-19(11-4-1)21-14-9-15-22(18-21)28-26-24(20-12-5-2-6-13-20)30-31-25(29-26)23-16-7-8-17-27-23/h1-18H,(H,28,29,31). The van der Waals surface area contributed by atoms with Crippen LogP contribution in [0.1, 0.15) is 0 Å². The van der Waals surface area contributed by atoms with Gasteiger partial charge in [0.25, 0.3) is 0 Å². The minimum atomic E-state index is 0.474. The lowest BCUT2D eigenvalue weighted by Gasteiger charge is -2.12. The van der Waals surface area contributed by atoms with E-state index < -0.39 is 0 Å². The molecule has 0 saturated heterocycles. The lowest BCUT2D eigenvalue weighted by Crippen LogP contribution is -2.04. The van der Waals surface area contributed by atoms with Crippen LogP contribution in [-0.2, 0) is 0 Å². The van der Waals surface area contributed by atoms with E-state index in [0.717, 1.165) is 22.4 Å². The lowest BCUT2D eigenvalue weighted by atomic mass is 10.1. The summed E-state index contributed by atoms with van der Waals surface area (Å²) in [6.45, 7) is 0. The number of pyridine rings is 1. The van der Waals surface area contributed by atoms with Gasteiger partial charge in [0.15, 0.2) is 5.82 Å². The first-order chi connectivity index (χ1) is 15.4. The molecule has 0 unspecified atom stereocenters. The van der Waals surface area contributed by atoms with E-state index in [2.05, 4.69) is 44.8 Å². The molecule has 5 aromatic rings. The summed E-state index contributed by atoms with van der Waals surface area (Å²) in [6, 6.07) is 34.1. The Hall–Kier alpha value is -4.38. The molecule has 0 fully saturated rings. The fourth-order valence-corrected chi connectivity index (χ4v) is 3.35. The monoisotopic (exact) mass is 401 g/mol. The summed E-state index contributed by atoms with van der Waals surface area (Å²) in [7, 11) is 0. The molecule has 5 nitrogen and oxygen atoms in total. The molecule has 0 saturated carbocycles. The molecular formula is C26H19N5. The van der Waals surface area contributed by atoms with Gasteiger partial charge in [0, 0.05) is 17.4 Å². The van der Waals surface area contributed by atoms with Crippen LogP contribution < -0.4 is 5.32 Å². The molecule has 0 bridgehead atoms. The topological polar surface area (TPSA) is 63.6 Å². The second-order valence-electron chi connectivity index (χ2n) is 6.99. The Kier molecular flexibility index (Phi) is 5.14. The summed E-state index contributed by atoms with van der Waals surface area (Å²) >= 11 is 0. The van der Waals surface area contributed by atoms with E-state index in [0.29, 0.717) is 23.0 Å². The summed E-state index contributed by atoms with van der Waals surface area (Å²) in [6.07, 6.45) is 1.72. The Labute approximate surface area is 180 Å². The van der Waals surface area contributed by atoms with E-state index >= 15 is 0 Å². The number of rotatable bonds is 5. The average Bonchev–Trinajstić information content (AvgIpc) is 2.86. The summed E-state index contributed by atoms with van der Waals surface area (Å²) in [4.78, 5) is 9.13. The zero-order valence-corrected chi connectivity index (χ0v) is 16.7. The van der Waals surface area contributed by atoms with Crippen molar-refractivity contribution in [3.63, 3.8) is 0 Å². The van der Waals surface area contributed by atoms with Crippen LogP contribution in [-0.4, -0.2) is 20.2 Å². The van der Waals surface area contributed by atoms with Gasteiger partial charge in [-0.1, -0.05) is 78.9 Å². The molecular weight excluding hydrogens is 382 g/mol. The lowest BCUT2D eigenvalue weighted by molar-refractivity contribution is 0.981. The number of hydrogen-bond donors (Lipinski definition) is 1. The van der Waals surface area contributed by atoms with Gasteiger partial charge in [-0.25, -0.2) is 4.98 Å². The van der Waals surface area contributed by atoms with Crippen molar-refractivity contribution in [1.82, 2.24) is 20.2 Å². The maximum atomic E-state index is 4.77. The van der Waals surface area contributed by atoms with Crippen molar-refractivity contribution in [2.24, 2.45) is 0 Å². The minimum Gasteiger partial charge on any atom is -0.338 e. The zero-order valence-electron chi connectivity index (χ0n) is 16.7. The SMILES string of the molecule is c1ccc(-c2cccc(Nc3nc(-c4ccccn4)nnc3-c3ccccc3)c2)cc1. The molecule has 0 spiro atoms. The molecule has 3 aromatic carbocycles. The summed E-state index contributed by atoms with van der Waals surface area (Å²) in [5.41, 5.74) is 5.51. The molecule has 5 rings (SSSR count). The van der Waals surface area contributed by atoms with Crippen LogP contribution in [0.15, 0.2) is 109 Å². The molecule has 0 amide bonds. The number of nitrogens with zero attached hydrogens (tertiary/aromatic N) is 4. The fourth-order valence-electron chi connectivity index (χ4n) is 3.35. The van der Waals surface area contributed by atoms with Crippen LogP contribution in [0.5, 0.6) is 0 Å². The third-order valence-corrected chi connectivity index (χ3v) is 4.86. The largest absolute Gasteiger partial charge is 0.338 e. The number of nitrogens with one attached hydrogen (secondary N) is 1. The van der Waals surface area contributed by atoms with Crippen molar-refractivity contribution in [1.29, 1.82) is 0 Å². The Morgan fingerprint density at radius 2 is 1.29 bits per heavy atom. The van der Waals surface area contributed by atoms with Crippen LogP contribution in [0.3, 0.4) is 0 Å². The van der Waals surface area contributed by atoms with E-state index in [4.69, 9.17) is 4.98 Å². The highest BCUT2D eigenvalue weighted by Gasteiger charge is 2.14. The predicted octanol–water partition coefficient (Wildman–Crippen LogP) is 6.01. The molecule has 0 radical (unpaired) electrons. The molecule has 0 atom stereocenters. The van der Waals surface area contributed by atoms with E-state index in [-0.39, 0.29) is 0 Å². The smallest absolute Gasteiger partial charge is 0.202 e. The van der Waals surface area contributed by atoms with Gasteiger partial charge in [0.2, 0.25) is 5.82 Å². The van der Waals surface area contributed by atoms with Crippen LogP contribution in [0, 0.1) is 0 Å². The molecule has 0 aliphatic heterocycles. The van der Waals surface area contributed by atoms with E-state index in [9.17, 15) is 0 Å². The Morgan fingerprint density at radius 1 is 0.581 bits per heavy atom. The number of benzene rings is 3. The fraction of sp³-hybridized carbons (Fsp3) is 0. The highest BCUT2D eigenvalue weighted by atomic mass is 15.2. The number of anilines is 2. The van der Waals surface area contributed by atoms with Gasteiger partial charge in [-0.15, -0.1) is 10.2 Å². The van der Waals surface area contributed by atoms with Crippen LogP contribution in [0.4, 0.5) is 11.5 Å². The van der Waals surface area contributed by atoms with Crippen molar-refractivity contribution in [3.05, 3.63) is 109 Å². The normalized spacial score (nSPS) is 10.6. The first kappa shape index (κ1) is 18.6. The molecule has 31 heavy (non-hydrogen) atoms. The molecule has 0 aliphatic rings. The van der Waals surface area contributed by atoms with Crippen molar-refractivity contribution in [3.8, 4) is 33.9 Å². The molecule has 2 heterocycles. The van der Waals surface area contributed by atoms with Crippen molar-refractivity contribution in [2.75, 3.05) is 5.32 Å². The van der Waals surface area contributed by atoms with Crippen molar-refractivity contribution >= 4 is 11.5 Å².